The summed E-state index contributed by atoms with van der Waals surface area (Å²) in [7, 11) is 0. The highest BCUT2D eigenvalue weighted by Crippen LogP contribution is 2.18. The van der Waals surface area contributed by atoms with E-state index in [-0.39, 0.29) is 0 Å². The SMILES string of the molecule is CC1=CN2CCN=C2C(C#N)=C1. The van der Waals surface area contributed by atoms with Gasteiger partial charge in [0.15, 0.2) is 0 Å². The van der Waals surface area contributed by atoms with E-state index in [1.165, 1.54) is 0 Å². The van der Waals surface area contributed by atoms with Crippen molar-refractivity contribution in [2.45, 2.75) is 6.92 Å². The first-order valence-electron chi connectivity index (χ1n) is 3.93. The topological polar surface area (TPSA) is 39.4 Å². The molecule has 12 heavy (non-hydrogen) atoms. The standard InChI is InChI=1S/C9H9N3/c1-7-4-8(5-10)9-11-2-3-12(9)6-7/h4,6H,2-3H2,1H3. The Hall–Kier alpha value is -1.56. The maximum Gasteiger partial charge on any atom is 0.145 e. The van der Waals surface area contributed by atoms with Crippen molar-refractivity contribution >= 4 is 5.84 Å². The van der Waals surface area contributed by atoms with Gasteiger partial charge in [-0.15, -0.1) is 0 Å². The first-order chi connectivity index (χ1) is 5.81. The lowest BCUT2D eigenvalue weighted by Crippen LogP contribution is -2.25. The van der Waals surface area contributed by atoms with Gasteiger partial charge in [0, 0.05) is 12.7 Å². The van der Waals surface area contributed by atoms with Crippen molar-refractivity contribution < 1.29 is 0 Å². The molecule has 0 unspecified atom stereocenters. The van der Waals surface area contributed by atoms with Crippen LogP contribution in [0.2, 0.25) is 0 Å². The predicted octanol–water partition coefficient (Wildman–Crippen LogP) is 1.07. The van der Waals surface area contributed by atoms with Crippen molar-refractivity contribution in [1.82, 2.24) is 4.90 Å². The largest absolute Gasteiger partial charge is 0.330 e. The van der Waals surface area contributed by atoms with Crippen LogP contribution < -0.4 is 0 Å². The summed E-state index contributed by atoms with van der Waals surface area (Å²) in [5, 5.41) is 8.80. The smallest absolute Gasteiger partial charge is 0.145 e. The Morgan fingerprint density at radius 3 is 3.25 bits per heavy atom. The van der Waals surface area contributed by atoms with Crippen LogP contribution in [0.15, 0.2) is 28.4 Å². The number of hydrogen-bond acceptors (Lipinski definition) is 3. The first-order valence-corrected chi connectivity index (χ1v) is 3.93. The number of nitrogens with zero attached hydrogens (tertiary/aromatic N) is 3. The maximum absolute atomic E-state index is 8.80. The van der Waals surface area contributed by atoms with Crippen molar-refractivity contribution in [2.24, 2.45) is 4.99 Å². The lowest BCUT2D eigenvalue weighted by atomic mass is 10.1. The zero-order valence-electron chi connectivity index (χ0n) is 6.91. The summed E-state index contributed by atoms with van der Waals surface area (Å²) in [6, 6.07) is 2.15. The van der Waals surface area contributed by atoms with E-state index in [4.69, 9.17) is 5.26 Å². The van der Waals surface area contributed by atoms with Crippen molar-refractivity contribution in [1.29, 1.82) is 5.26 Å². The third-order valence-corrected chi connectivity index (χ3v) is 1.97. The van der Waals surface area contributed by atoms with Crippen molar-refractivity contribution in [3.8, 4) is 6.07 Å². The second-order valence-electron chi connectivity index (χ2n) is 2.94. The summed E-state index contributed by atoms with van der Waals surface area (Å²) < 4.78 is 0. The summed E-state index contributed by atoms with van der Waals surface area (Å²) in [6.07, 6.45) is 3.91. The monoisotopic (exact) mass is 159 g/mol. The van der Waals surface area contributed by atoms with Gasteiger partial charge in [-0.1, -0.05) is 0 Å². The van der Waals surface area contributed by atoms with E-state index in [1.54, 1.807) is 0 Å². The third-order valence-electron chi connectivity index (χ3n) is 1.97. The molecule has 2 aliphatic heterocycles. The van der Waals surface area contributed by atoms with Gasteiger partial charge in [0.05, 0.1) is 12.1 Å². The van der Waals surface area contributed by atoms with E-state index >= 15 is 0 Å². The summed E-state index contributed by atoms with van der Waals surface area (Å²) in [4.78, 5) is 6.29. The molecule has 0 bridgehead atoms. The Balaban J connectivity index is 2.44. The number of fused-ring (bicyclic) bond motifs is 1. The van der Waals surface area contributed by atoms with Crippen LogP contribution >= 0.6 is 0 Å². The fourth-order valence-corrected chi connectivity index (χ4v) is 1.48. The molecule has 0 saturated carbocycles. The molecule has 3 heteroatoms. The van der Waals surface area contributed by atoms with Gasteiger partial charge in [-0.05, 0) is 18.6 Å². The van der Waals surface area contributed by atoms with E-state index in [2.05, 4.69) is 11.1 Å². The fourth-order valence-electron chi connectivity index (χ4n) is 1.48. The second-order valence-corrected chi connectivity index (χ2v) is 2.94. The Labute approximate surface area is 71.3 Å². The third kappa shape index (κ3) is 0.928. The number of aliphatic imine (C=N–C) groups is 1. The molecule has 0 saturated heterocycles. The normalized spacial score (nSPS) is 20.7. The lowest BCUT2D eigenvalue weighted by Gasteiger charge is -2.19. The van der Waals surface area contributed by atoms with Crippen LogP contribution in [0.4, 0.5) is 0 Å². The highest BCUT2D eigenvalue weighted by molar-refractivity contribution is 6.04. The summed E-state index contributed by atoms with van der Waals surface area (Å²) >= 11 is 0. The van der Waals surface area contributed by atoms with Crippen molar-refractivity contribution in [3.63, 3.8) is 0 Å². The van der Waals surface area contributed by atoms with Crippen LogP contribution in [0.5, 0.6) is 0 Å². The van der Waals surface area contributed by atoms with E-state index in [1.807, 2.05) is 24.1 Å². The Morgan fingerprint density at radius 1 is 1.67 bits per heavy atom. The number of rotatable bonds is 0. The van der Waals surface area contributed by atoms with Gasteiger partial charge >= 0.3 is 0 Å². The number of nitriles is 1. The first kappa shape index (κ1) is 7.11. The number of allylic oxidation sites excluding steroid dienone is 2. The minimum absolute atomic E-state index is 0.688. The molecule has 0 atom stereocenters. The predicted molar refractivity (Wildman–Crippen MR) is 46.5 cm³/mol. The van der Waals surface area contributed by atoms with Crippen molar-refractivity contribution in [3.05, 3.63) is 23.4 Å². The molecule has 0 spiro atoms. The molecular weight excluding hydrogens is 150 g/mol. The quantitative estimate of drug-likeness (QED) is 0.530. The van der Waals surface area contributed by atoms with E-state index in [0.29, 0.717) is 5.57 Å². The van der Waals surface area contributed by atoms with Crippen LogP contribution in [0, 0.1) is 11.3 Å². The van der Waals surface area contributed by atoms with Crippen molar-refractivity contribution in [2.75, 3.05) is 13.1 Å². The molecule has 0 aromatic rings. The molecule has 0 aromatic carbocycles. The average molecular weight is 159 g/mol. The second kappa shape index (κ2) is 2.49. The molecule has 0 N–H and O–H groups in total. The molecule has 0 amide bonds. The lowest BCUT2D eigenvalue weighted by molar-refractivity contribution is 0.604. The van der Waals surface area contributed by atoms with Crippen LogP contribution in [0.1, 0.15) is 6.92 Å². The molecule has 2 aliphatic rings. The summed E-state index contributed by atoms with van der Waals surface area (Å²) in [5.74, 6) is 0.836. The maximum atomic E-state index is 8.80. The van der Waals surface area contributed by atoms with E-state index in [9.17, 15) is 0 Å². The van der Waals surface area contributed by atoms with E-state index < -0.39 is 0 Å². The zero-order valence-corrected chi connectivity index (χ0v) is 6.91. The Bertz CT molecular complexity index is 341. The molecule has 2 rings (SSSR count). The van der Waals surface area contributed by atoms with Crippen LogP contribution in [-0.2, 0) is 0 Å². The van der Waals surface area contributed by atoms with Gasteiger partial charge in [0.1, 0.15) is 11.9 Å². The molecule has 0 aromatic heterocycles. The Morgan fingerprint density at radius 2 is 2.50 bits per heavy atom. The number of hydrogen-bond donors (Lipinski definition) is 0. The van der Waals surface area contributed by atoms with Gasteiger partial charge in [-0.25, -0.2) is 0 Å². The zero-order chi connectivity index (χ0) is 8.55. The van der Waals surface area contributed by atoms with Gasteiger partial charge in [0.2, 0.25) is 0 Å². The molecular formula is C9H9N3. The van der Waals surface area contributed by atoms with Gasteiger partial charge < -0.3 is 4.90 Å². The van der Waals surface area contributed by atoms with Gasteiger partial charge in [0.25, 0.3) is 0 Å². The van der Waals surface area contributed by atoms with Gasteiger partial charge in [-0.3, -0.25) is 4.99 Å². The summed E-state index contributed by atoms with van der Waals surface area (Å²) in [6.45, 7) is 3.70. The molecule has 0 aliphatic carbocycles. The molecule has 0 fully saturated rings. The average Bonchev–Trinajstić information content (AvgIpc) is 2.50. The highest BCUT2D eigenvalue weighted by atomic mass is 15.2. The molecule has 3 nitrogen and oxygen atoms in total. The number of amidine groups is 1. The molecule has 2 heterocycles. The van der Waals surface area contributed by atoms with Crippen LogP contribution in [0.3, 0.4) is 0 Å². The van der Waals surface area contributed by atoms with Gasteiger partial charge in [-0.2, -0.15) is 5.26 Å². The van der Waals surface area contributed by atoms with Crippen LogP contribution in [0.25, 0.3) is 0 Å². The molecule has 60 valence electrons. The Kier molecular flexibility index (Phi) is 1.47. The minimum atomic E-state index is 0.688. The van der Waals surface area contributed by atoms with Crippen LogP contribution in [-0.4, -0.2) is 23.8 Å². The highest BCUT2D eigenvalue weighted by Gasteiger charge is 2.21. The summed E-state index contributed by atoms with van der Waals surface area (Å²) in [5.41, 5.74) is 1.81. The van der Waals surface area contributed by atoms with E-state index in [0.717, 1.165) is 24.5 Å². The fraction of sp³-hybridized carbons (Fsp3) is 0.333. The minimum Gasteiger partial charge on any atom is -0.330 e. The molecule has 0 radical (unpaired) electrons.